The number of carbonyl (C=O) groups excluding carboxylic acids is 2. The van der Waals surface area contributed by atoms with Gasteiger partial charge in [0, 0.05) is 19.2 Å². The minimum Gasteiger partial charge on any atom is -0.359 e. The van der Waals surface area contributed by atoms with Gasteiger partial charge in [-0.1, -0.05) is 6.07 Å². The molecular formula is C25H21F5N4O2S. The number of aryl methyl sites for hydroxylation is 1. The fourth-order valence-electron chi connectivity index (χ4n) is 4.70. The first-order valence-corrected chi connectivity index (χ1v) is 11.8. The summed E-state index contributed by atoms with van der Waals surface area (Å²) in [5.74, 6) is -2.69. The average molecular weight is 537 g/mol. The van der Waals surface area contributed by atoms with E-state index in [0.29, 0.717) is 48.3 Å². The molecule has 37 heavy (non-hydrogen) atoms. The fraction of sp³-hybridized carbons (Fsp3) is 0.360. The Bertz CT molecular complexity index is 1330. The summed E-state index contributed by atoms with van der Waals surface area (Å²) in [6.45, 7) is 0. The third-order valence-electron chi connectivity index (χ3n) is 6.77. The van der Waals surface area contributed by atoms with Crippen molar-refractivity contribution in [1.29, 1.82) is 5.26 Å². The van der Waals surface area contributed by atoms with Crippen LogP contribution in [0.25, 0.3) is 0 Å². The topological polar surface area (TPSA) is 76.4 Å². The van der Waals surface area contributed by atoms with Crippen molar-refractivity contribution in [1.82, 2.24) is 5.32 Å². The molecule has 0 radical (unpaired) electrons. The highest BCUT2D eigenvalue weighted by Gasteiger charge is 2.60. The van der Waals surface area contributed by atoms with Crippen LogP contribution in [0.3, 0.4) is 0 Å². The number of carbonyl (C=O) groups is 2. The third-order valence-corrected chi connectivity index (χ3v) is 7.14. The van der Waals surface area contributed by atoms with Crippen LogP contribution in [-0.4, -0.2) is 29.5 Å². The van der Waals surface area contributed by atoms with Gasteiger partial charge in [0.1, 0.15) is 17.2 Å². The highest BCUT2D eigenvalue weighted by atomic mass is 32.1. The van der Waals surface area contributed by atoms with E-state index < -0.39 is 46.1 Å². The molecule has 1 aliphatic heterocycles. The number of hydrogen-bond donors (Lipinski definition) is 1. The van der Waals surface area contributed by atoms with Crippen molar-refractivity contribution in [2.75, 3.05) is 16.8 Å². The molecule has 6 nitrogen and oxygen atoms in total. The third kappa shape index (κ3) is 4.52. The maximum absolute atomic E-state index is 15.0. The van der Waals surface area contributed by atoms with E-state index in [1.165, 1.54) is 36.2 Å². The largest absolute Gasteiger partial charge is 0.417 e. The molecule has 1 N–H and O–H groups in total. The van der Waals surface area contributed by atoms with E-state index in [1.807, 2.05) is 0 Å². The van der Waals surface area contributed by atoms with Gasteiger partial charge in [-0.3, -0.25) is 14.5 Å². The van der Waals surface area contributed by atoms with Gasteiger partial charge in [-0.15, -0.1) is 0 Å². The van der Waals surface area contributed by atoms with Crippen LogP contribution in [0.4, 0.5) is 33.3 Å². The molecule has 0 aromatic heterocycles. The lowest BCUT2D eigenvalue weighted by Crippen LogP contribution is -2.55. The molecule has 2 amide bonds. The van der Waals surface area contributed by atoms with Crippen LogP contribution in [0.15, 0.2) is 30.3 Å². The van der Waals surface area contributed by atoms with E-state index in [4.69, 9.17) is 17.5 Å². The van der Waals surface area contributed by atoms with Gasteiger partial charge in [0.05, 0.1) is 22.9 Å². The second-order valence-electron chi connectivity index (χ2n) is 8.90. The predicted octanol–water partition coefficient (Wildman–Crippen LogP) is 4.98. The van der Waals surface area contributed by atoms with Gasteiger partial charge in [0.2, 0.25) is 5.91 Å². The summed E-state index contributed by atoms with van der Waals surface area (Å²) in [7, 11) is 1.51. The molecule has 1 saturated heterocycles. The average Bonchev–Trinajstić information content (AvgIpc) is 3.05. The summed E-state index contributed by atoms with van der Waals surface area (Å²) >= 11 is 5.45. The maximum Gasteiger partial charge on any atom is 0.417 e. The fourth-order valence-corrected chi connectivity index (χ4v) is 5.16. The first kappa shape index (κ1) is 26.5. The molecule has 1 saturated carbocycles. The number of alkyl halides is 3. The SMILES string of the molecule is CNC(=O)CCCc1ccc(N2C(=S)N(c3cc(C(F)(F)F)c(C#N)cc3F)C(=O)C23CCC3)cc1F. The molecule has 4 rings (SSSR count). The van der Waals surface area contributed by atoms with E-state index in [0.717, 1.165) is 0 Å². The number of thiocarbonyl (C=S) groups is 1. The Balaban J connectivity index is 1.71. The zero-order valence-electron chi connectivity index (χ0n) is 19.6. The van der Waals surface area contributed by atoms with Crippen LogP contribution in [0.2, 0.25) is 0 Å². The summed E-state index contributed by atoms with van der Waals surface area (Å²) in [5, 5.41) is 11.2. The second-order valence-corrected chi connectivity index (χ2v) is 9.27. The maximum atomic E-state index is 15.0. The molecule has 1 aliphatic carbocycles. The first-order valence-electron chi connectivity index (χ1n) is 11.4. The molecule has 0 atom stereocenters. The molecule has 0 unspecified atom stereocenters. The molecule has 2 aromatic rings. The molecule has 12 heteroatoms. The zero-order valence-corrected chi connectivity index (χ0v) is 20.4. The van der Waals surface area contributed by atoms with Crippen molar-refractivity contribution in [2.24, 2.45) is 0 Å². The number of rotatable bonds is 6. The van der Waals surface area contributed by atoms with Crippen LogP contribution < -0.4 is 15.1 Å². The van der Waals surface area contributed by atoms with Crippen LogP contribution >= 0.6 is 12.2 Å². The lowest BCUT2D eigenvalue weighted by Gasteiger charge is -2.43. The zero-order chi connectivity index (χ0) is 27.1. The van der Waals surface area contributed by atoms with Crippen molar-refractivity contribution in [3.05, 3.63) is 58.7 Å². The molecule has 1 spiro atoms. The van der Waals surface area contributed by atoms with Gasteiger partial charge < -0.3 is 10.2 Å². The Labute approximate surface area is 214 Å². The van der Waals surface area contributed by atoms with E-state index in [-0.39, 0.29) is 29.5 Å². The van der Waals surface area contributed by atoms with Crippen LogP contribution in [0.5, 0.6) is 0 Å². The number of anilines is 2. The summed E-state index contributed by atoms with van der Waals surface area (Å²) in [6.07, 6.45) is -2.85. The lowest BCUT2D eigenvalue weighted by molar-refractivity contribution is -0.137. The number of benzene rings is 2. The molecule has 2 aromatic carbocycles. The molecular weight excluding hydrogens is 515 g/mol. The number of nitrogens with one attached hydrogen (secondary N) is 1. The summed E-state index contributed by atoms with van der Waals surface area (Å²) < 4.78 is 70.6. The molecule has 194 valence electrons. The minimum atomic E-state index is -4.97. The molecule has 2 fully saturated rings. The highest BCUT2D eigenvalue weighted by molar-refractivity contribution is 7.81. The highest BCUT2D eigenvalue weighted by Crippen LogP contribution is 2.49. The van der Waals surface area contributed by atoms with Crippen molar-refractivity contribution in [3.63, 3.8) is 0 Å². The van der Waals surface area contributed by atoms with Crippen LogP contribution in [-0.2, 0) is 22.2 Å². The number of hydrogen-bond acceptors (Lipinski definition) is 4. The van der Waals surface area contributed by atoms with Gasteiger partial charge in [0.25, 0.3) is 5.91 Å². The van der Waals surface area contributed by atoms with E-state index in [1.54, 1.807) is 0 Å². The van der Waals surface area contributed by atoms with Gasteiger partial charge >= 0.3 is 6.18 Å². The van der Waals surface area contributed by atoms with Gasteiger partial charge in [-0.05, 0) is 74.2 Å². The second kappa shape index (κ2) is 9.70. The number of halogens is 5. The van der Waals surface area contributed by atoms with Gasteiger partial charge in [-0.25, -0.2) is 8.78 Å². The van der Waals surface area contributed by atoms with Crippen LogP contribution in [0.1, 0.15) is 48.8 Å². The Kier molecular flexibility index (Phi) is 6.94. The molecule has 1 heterocycles. The Morgan fingerprint density at radius 3 is 2.43 bits per heavy atom. The molecule has 0 bridgehead atoms. The lowest BCUT2D eigenvalue weighted by atomic mass is 9.75. The summed E-state index contributed by atoms with van der Waals surface area (Å²) in [6, 6.07) is 6.37. The van der Waals surface area contributed by atoms with E-state index in [2.05, 4.69) is 5.32 Å². The minimum absolute atomic E-state index is 0.173. The molecule has 2 aliphatic rings. The number of amides is 2. The van der Waals surface area contributed by atoms with Crippen LogP contribution in [0, 0.1) is 23.0 Å². The van der Waals surface area contributed by atoms with Crippen molar-refractivity contribution >= 4 is 40.5 Å². The Morgan fingerprint density at radius 2 is 1.89 bits per heavy atom. The Morgan fingerprint density at radius 1 is 1.19 bits per heavy atom. The first-order chi connectivity index (χ1) is 17.4. The van der Waals surface area contributed by atoms with Gasteiger partial charge in [-0.2, -0.15) is 18.4 Å². The van der Waals surface area contributed by atoms with Crippen molar-refractivity contribution in [2.45, 2.75) is 50.2 Å². The normalized spacial score (nSPS) is 16.7. The Hall–Kier alpha value is -3.59. The number of nitriles is 1. The van der Waals surface area contributed by atoms with Crippen molar-refractivity contribution in [3.8, 4) is 6.07 Å². The predicted molar refractivity (Wildman–Crippen MR) is 129 cm³/mol. The monoisotopic (exact) mass is 536 g/mol. The van der Waals surface area contributed by atoms with Gasteiger partial charge in [0.15, 0.2) is 5.11 Å². The number of nitrogens with zero attached hydrogens (tertiary/aromatic N) is 3. The van der Waals surface area contributed by atoms with E-state index in [9.17, 15) is 31.5 Å². The van der Waals surface area contributed by atoms with Crippen molar-refractivity contribution < 1.29 is 31.5 Å². The quantitative estimate of drug-likeness (QED) is 0.416. The smallest absolute Gasteiger partial charge is 0.359 e. The van der Waals surface area contributed by atoms with E-state index >= 15 is 0 Å². The summed E-state index contributed by atoms with van der Waals surface area (Å²) in [5.41, 5.74) is -3.76. The summed E-state index contributed by atoms with van der Waals surface area (Å²) in [4.78, 5) is 27.0. The standard InChI is InChI=1S/C25H21F5N4O2S/c1-32-21(35)5-2-4-14-6-7-16(11-18(14)26)34-23(37)33(22(36)24(34)8-3-9-24)20-12-17(25(28,29)30)15(13-31)10-19(20)27/h6-7,10-12H,2-5,8-9H2,1H3,(H,32,35).